The SMILES string of the molecule is CN(CC(C)(C)C)c1cc(Cl)ccc1C#N. The van der Waals surface area contributed by atoms with Gasteiger partial charge in [-0.25, -0.2) is 0 Å². The van der Waals surface area contributed by atoms with Crippen LogP contribution in [0.5, 0.6) is 0 Å². The minimum absolute atomic E-state index is 0.184. The molecule has 0 radical (unpaired) electrons. The highest BCUT2D eigenvalue weighted by Gasteiger charge is 2.16. The molecular formula is C13H17ClN2. The number of hydrogen-bond donors (Lipinski definition) is 0. The van der Waals surface area contributed by atoms with Crippen LogP contribution in [0.3, 0.4) is 0 Å². The Hall–Kier alpha value is -1.20. The summed E-state index contributed by atoms with van der Waals surface area (Å²) >= 11 is 5.95. The van der Waals surface area contributed by atoms with Gasteiger partial charge in [-0.05, 0) is 23.6 Å². The lowest BCUT2D eigenvalue weighted by Gasteiger charge is -2.28. The summed E-state index contributed by atoms with van der Waals surface area (Å²) in [7, 11) is 1.98. The van der Waals surface area contributed by atoms with E-state index in [0.717, 1.165) is 12.2 Å². The van der Waals surface area contributed by atoms with Crippen LogP contribution in [0.4, 0.5) is 5.69 Å². The highest BCUT2D eigenvalue weighted by Crippen LogP contribution is 2.26. The van der Waals surface area contributed by atoms with Crippen molar-refractivity contribution < 1.29 is 0 Å². The molecule has 0 aliphatic rings. The second-order valence-electron chi connectivity index (χ2n) is 5.19. The zero-order valence-electron chi connectivity index (χ0n) is 10.2. The molecule has 0 aliphatic heterocycles. The van der Waals surface area contributed by atoms with E-state index in [1.807, 2.05) is 13.1 Å². The van der Waals surface area contributed by atoms with Gasteiger partial charge in [-0.1, -0.05) is 32.4 Å². The molecule has 1 rings (SSSR count). The molecule has 0 atom stereocenters. The van der Waals surface area contributed by atoms with E-state index in [0.29, 0.717) is 10.6 Å². The number of benzene rings is 1. The van der Waals surface area contributed by atoms with Crippen molar-refractivity contribution in [3.8, 4) is 6.07 Å². The maximum Gasteiger partial charge on any atom is 0.101 e. The number of halogens is 1. The number of nitriles is 1. The molecule has 3 heteroatoms. The molecule has 0 fully saturated rings. The van der Waals surface area contributed by atoms with Crippen LogP contribution < -0.4 is 4.90 Å². The standard InChI is InChI=1S/C13H17ClN2/c1-13(2,3)9-16(4)12-7-11(14)6-5-10(12)8-15/h5-7H,9H2,1-4H3. The van der Waals surface area contributed by atoms with Crippen LogP contribution in [-0.2, 0) is 0 Å². The van der Waals surface area contributed by atoms with Crippen LogP contribution in [-0.4, -0.2) is 13.6 Å². The van der Waals surface area contributed by atoms with Crippen molar-refractivity contribution in [3.63, 3.8) is 0 Å². The number of anilines is 1. The van der Waals surface area contributed by atoms with Crippen molar-refractivity contribution in [1.82, 2.24) is 0 Å². The predicted molar refractivity (Wildman–Crippen MR) is 68.9 cm³/mol. The summed E-state index contributed by atoms with van der Waals surface area (Å²) in [6, 6.07) is 7.53. The highest BCUT2D eigenvalue weighted by atomic mass is 35.5. The average molecular weight is 237 g/mol. The fourth-order valence-corrected chi connectivity index (χ4v) is 1.88. The minimum Gasteiger partial charge on any atom is -0.373 e. The lowest BCUT2D eigenvalue weighted by Crippen LogP contribution is -2.29. The van der Waals surface area contributed by atoms with E-state index in [2.05, 4.69) is 31.7 Å². The number of nitrogens with zero attached hydrogens (tertiary/aromatic N) is 2. The van der Waals surface area contributed by atoms with Gasteiger partial charge in [-0.15, -0.1) is 0 Å². The maximum atomic E-state index is 9.04. The first kappa shape index (κ1) is 12.9. The van der Waals surface area contributed by atoms with Crippen LogP contribution >= 0.6 is 11.6 Å². The fraction of sp³-hybridized carbons (Fsp3) is 0.462. The molecule has 1 aromatic carbocycles. The topological polar surface area (TPSA) is 27.0 Å². The second-order valence-corrected chi connectivity index (χ2v) is 5.63. The quantitative estimate of drug-likeness (QED) is 0.783. The van der Waals surface area contributed by atoms with Gasteiger partial charge in [-0.2, -0.15) is 5.26 Å². The Labute approximate surface area is 102 Å². The Balaban J connectivity index is 3.03. The molecule has 0 heterocycles. The first-order valence-electron chi connectivity index (χ1n) is 5.24. The normalized spacial score (nSPS) is 11.0. The third kappa shape index (κ3) is 3.43. The van der Waals surface area contributed by atoms with Gasteiger partial charge in [0.05, 0.1) is 11.3 Å². The third-order valence-electron chi connectivity index (χ3n) is 2.20. The number of rotatable bonds is 2. The van der Waals surface area contributed by atoms with Crippen molar-refractivity contribution in [2.24, 2.45) is 5.41 Å². The van der Waals surface area contributed by atoms with E-state index in [9.17, 15) is 0 Å². The molecule has 0 aromatic heterocycles. The van der Waals surface area contributed by atoms with Crippen LogP contribution in [0, 0.1) is 16.7 Å². The predicted octanol–water partition coefficient (Wildman–Crippen LogP) is 3.69. The summed E-state index contributed by atoms with van der Waals surface area (Å²) in [4.78, 5) is 2.07. The van der Waals surface area contributed by atoms with Crippen LogP contribution in [0.2, 0.25) is 5.02 Å². The lowest BCUT2D eigenvalue weighted by molar-refractivity contribution is 0.419. The monoisotopic (exact) mass is 236 g/mol. The summed E-state index contributed by atoms with van der Waals surface area (Å²) in [5.74, 6) is 0. The largest absolute Gasteiger partial charge is 0.373 e. The zero-order valence-corrected chi connectivity index (χ0v) is 11.0. The van der Waals surface area contributed by atoms with E-state index in [-0.39, 0.29) is 5.41 Å². The van der Waals surface area contributed by atoms with Gasteiger partial charge in [0.25, 0.3) is 0 Å². The van der Waals surface area contributed by atoms with E-state index >= 15 is 0 Å². The van der Waals surface area contributed by atoms with E-state index in [1.165, 1.54) is 0 Å². The van der Waals surface area contributed by atoms with Gasteiger partial charge in [-0.3, -0.25) is 0 Å². The Bertz CT molecular complexity index is 413. The second kappa shape index (κ2) is 4.76. The van der Waals surface area contributed by atoms with Crippen LogP contribution in [0.15, 0.2) is 18.2 Å². The van der Waals surface area contributed by atoms with Crippen molar-refractivity contribution in [2.45, 2.75) is 20.8 Å². The minimum atomic E-state index is 0.184. The molecule has 0 bridgehead atoms. The first-order chi connectivity index (χ1) is 7.33. The molecule has 0 unspecified atom stereocenters. The van der Waals surface area contributed by atoms with Crippen molar-refractivity contribution in [3.05, 3.63) is 28.8 Å². The summed E-state index contributed by atoms with van der Waals surface area (Å²) in [5, 5.41) is 9.70. The van der Waals surface area contributed by atoms with Gasteiger partial charge >= 0.3 is 0 Å². The Morgan fingerprint density at radius 1 is 1.38 bits per heavy atom. The highest BCUT2D eigenvalue weighted by molar-refractivity contribution is 6.30. The van der Waals surface area contributed by atoms with Gasteiger partial charge in [0.2, 0.25) is 0 Å². The van der Waals surface area contributed by atoms with Gasteiger partial charge in [0.1, 0.15) is 6.07 Å². The Kier molecular flexibility index (Phi) is 3.83. The molecule has 86 valence electrons. The average Bonchev–Trinajstić information content (AvgIpc) is 2.15. The molecule has 0 saturated carbocycles. The molecule has 0 aliphatic carbocycles. The summed E-state index contributed by atoms with van der Waals surface area (Å²) in [6.45, 7) is 7.38. The van der Waals surface area contributed by atoms with E-state index < -0.39 is 0 Å². The van der Waals surface area contributed by atoms with Crippen molar-refractivity contribution >= 4 is 17.3 Å². The molecule has 1 aromatic rings. The third-order valence-corrected chi connectivity index (χ3v) is 2.44. The van der Waals surface area contributed by atoms with Crippen LogP contribution in [0.25, 0.3) is 0 Å². The number of hydrogen-bond acceptors (Lipinski definition) is 2. The van der Waals surface area contributed by atoms with Gasteiger partial charge in [0.15, 0.2) is 0 Å². The smallest absolute Gasteiger partial charge is 0.101 e. The van der Waals surface area contributed by atoms with Crippen molar-refractivity contribution in [2.75, 3.05) is 18.5 Å². The summed E-state index contributed by atoms with van der Waals surface area (Å²) < 4.78 is 0. The molecule has 0 N–H and O–H groups in total. The first-order valence-corrected chi connectivity index (χ1v) is 5.62. The lowest BCUT2D eigenvalue weighted by atomic mass is 9.96. The van der Waals surface area contributed by atoms with Gasteiger partial charge in [0, 0.05) is 18.6 Å². The van der Waals surface area contributed by atoms with Gasteiger partial charge < -0.3 is 4.90 Å². The summed E-state index contributed by atoms with van der Waals surface area (Å²) in [5.41, 5.74) is 1.74. The molecular weight excluding hydrogens is 220 g/mol. The molecule has 0 saturated heterocycles. The fourth-order valence-electron chi connectivity index (χ4n) is 1.71. The van der Waals surface area contributed by atoms with E-state index in [1.54, 1.807) is 12.1 Å². The zero-order chi connectivity index (χ0) is 12.3. The van der Waals surface area contributed by atoms with Crippen LogP contribution in [0.1, 0.15) is 26.3 Å². The molecule has 0 amide bonds. The van der Waals surface area contributed by atoms with E-state index in [4.69, 9.17) is 16.9 Å². The van der Waals surface area contributed by atoms with Crippen molar-refractivity contribution in [1.29, 1.82) is 5.26 Å². The Morgan fingerprint density at radius 2 is 2.00 bits per heavy atom. The summed E-state index contributed by atoms with van der Waals surface area (Å²) in [6.07, 6.45) is 0. The maximum absolute atomic E-state index is 9.04. The molecule has 0 spiro atoms. The molecule has 2 nitrogen and oxygen atoms in total. The Morgan fingerprint density at radius 3 is 2.50 bits per heavy atom. The molecule has 16 heavy (non-hydrogen) atoms.